The van der Waals surface area contributed by atoms with Gasteiger partial charge in [0.05, 0.1) is 6.04 Å². The fourth-order valence-corrected chi connectivity index (χ4v) is 3.43. The number of carbonyl (C=O) groups excluding carboxylic acids is 2. The Labute approximate surface area is 150 Å². The predicted molar refractivity (Wildman–Crippen MR) is 99.5 cm³/mol. The smallest absolute Gasteiger partial charge is 0.222 e. The number of hydrogen-bond acceptors (Lipinski definition) is 4. The maximum atomic E-state index is 11.5. The molecule has 0 aromatic carbocycles. The third-order valence-corrected chi connectivity index (χ3v) is 4.83. The van der Waals surface area contributed by atoms with Crippen LogP contribution in [0.4, 0.5) is 0 Å². The van der Waals surface area contributed by atoms with Gasteiger partial charge >= 0.3 is 0 Å². The van der Waals surface area contributed by atoms with E-state index in [1.807, 2.05) is 0 Å². The van der Waals surface area contributed by atoms with Crippen molar-refractivity contribution in [3.8, 4) is 0 Å². The summed E-state index contributed by atoms with van der Waals surface area (Å²) in [4.78, 5) is 23.5. The van der Waals surface area contributed by atoms with Gasteiger partial charge in [-0.1, -0.05) is 29.9 Å². The minimum atomic E-state index is 0.134. The molecule has 0 aromatic rings. The Kier molecular flexibility index (Phi) is 7.25. The maximum Gasteiger partial charge on any atom is 0.222 e. The molecule has 4 N–H and O–H groups in total. The number of fused-ring (bicyclic) bond motifs is 1. The van der Waals surface area contributed by atoms with Crippen molar-refractivity contribution >= 4 is 12.3 Å². The van der Waals surface area contributed by atoms with Gasteiger partial charge in [0.15, 0.2) is 0 Å². The first-order valence-corrected chi connectivity index (χ1v) is 9.02. The van der Waals surface area contributed by atoms with Crippen LogP contribution in [0.25, 0.3) is 0 Å². The van der Waals surface area contributed by atoms with Gasteiger partial charge in [-0.05, 0) is 33.2 Å². The zero-order valence-electron chi connectivity index (χ0n) is 15.2. The molecule has 3 aliphatic rings. The van der Waals surface area contributed by atoms with E-state index in [2.05, 4.69) is 48.8 Å². The Morgan fingerprint density at radius 1 is 1.48 bits per heavy atom. The Hall–Kier alpha value is -2.08. The van der Waals surface area contributed by atoms with Crippen LogP contribution in [0.15, 0.2) is 35.6 Å². The molecule has 0 radical (unpaired) electrons. The highest BCUT2D eigenvalue weighted by atomic mass is 16.2. The number of carbonyl (C=O) groups is 2. The molecule has 1 fully saturated rings. The second kappa shape index (κ2) is 9.42. The summed E-state index contributed by atoms with van der Waals surface area (Å²) in [6.07, 6.45) is 11.7. The average molecular weight is 346 g/mol. The van der Waals surface area contributed by atoms with Crippen LogP contribution in [0.2, 0.25) is 0 Å². The first kappa shape index (κ1) is 19.2. The minimum Gasteiger partial charge on any atom is -0.381 e. The van der Waals surface area contributed by atoms with E-state index in [1.165, 1.54) is 11.3 Å². The lowest BCUT2D eigenvalue weighted by Gasteiger charge is -2.21. The molecule has 25 heavy (non-hydrogen) atoms. The molecule has 0 aromatic heterocycles. The minimum absolute atomic E-state index is 0.134. The quantitative estimate of drug-likeness (QED) is 0.650. The zero-order valence-corrected chi connectivity index (χ0v) is 15.2. The predicted octanol–water partition coefficient (Wildman–Crippen LogP) is 1.07. The Morgan fingerprint density at radius 3 is 2.96 bits per heavy atom. The highest BCUT2D eigenvalue weighted by Crippen LogP contribution is 2.26. The van der Waals surface area contributed by atoms with Crippen LogP contribution in [0.5, 0.6) is 0 Å². The van der Waals surface area contributed by atoms with E-state index in [1.54, 1.807) is 4.90 Å². The molecule has 3 unspecified atom stereocenters. The Bertz CT molecular complexity index is 568. The number of allylic oxidation sites excluding steroid dienone is 3. The summed E-state index contributed by atoms with van der Waals surface area (Å²) in [6, 6.07) is 0.675. The van der Waals surface area contributed by atoms with E-state index in [4.69, 9.17) is 5.73 Å². The van der Waals surface area contributed by atoms with Crippen LogP contribution in [0.1, 0.15) is 33.1 Å². The lowest BCUT2D eigenvalue weighted by atomic mass is 9.92. The molecule has 138 valence electrons. The largest absolute Gasteiger partial charge is 0.381 e. The van der Waals surface area contributed by atoms with Gasteiger partial charge in [-0.2, -0.15) is 0 Å². The van der Waals surface area contributed by atoms with Crippen LogP contribution >= 0.6 is 0 Å². The molecular formula is C19H30N4O2. The molecule has 1 aliphatic carbocycles. The second-order valence-corrected chi connectivity index (χ2v) is 6.85. The summed E-state index contributed by atoms with van der Waals surface area (Å²) in [7, 11) is 0. The first-order chi connectivity index (χ1) is 12.0. The molecule has 1 saturated heterocycles. The van der Waals surface area contributed by atoms with Crippen molar-refractivity contribution in [2.75, 3.05) is 19.6 Å². The molecule has 2 amide bonds. The summed E-state index contributed by atoms with van der Waals surface area (Å²) in [6.45, 7) is 6.24. The Balaban J connectivity index is 0.000000185. The van der Waals surface area contributed by atoms with Crippen molar-refractivity contribution in [3.05, 3.63) is 35.6 Å². The maximum absolute atomic E-state index is 11.5. The van der Waals surface area contributed by atoms with Crippen LogP contribution in [-0.2, 0) is 9.59 Å². The third kappa shape index (κ3) is 5.46. The normalized spacial score (nSPS) is 26.7. The van der Waals surface area contributed by atoms with E-state index in [0.29, 0.717) is 37.9 Å². The van der Waals surface area contributed by atoms with Crippen LogP contribution in [-0.4, -0.2) is 48.9 Å². The average Bonchev–Trinajstić information content (AvgIpc) is 3.20. The molecule has 3 rings (SSSR count). The van der Waals surface area contributed by atoms with Gasteiger partial charge in [-0.15, -0.1) is 0 Å². The molecule has 0 spiro atoms. The lowest BCUT2D eigenvalue weighted by Crippen LogP contribution is -2.34. The van der Waals surface area contributed by atoms with Gasteiger partial charge in [-0.3, -0.25) is 9.59 Å². The van der Waals surface area contributed by atoms with Gasteiger partial charge in [0.25, 0.3) is 0 Å². The number of hydrogen-bond donors (Lipinski definition) is 3. The van der Waals surface area contributed by atoms with Gasteiger partial charge in [-0.25, -0.2) is 0 Å². The van der Waals surface area contributed by atoms with E-state index < -0.39 is 0 Å². The fourth-order valence-electron chi connectivity index (χ4n) is 3.43. The van der Waals surface area contributed by atoms with E-state index in [0.717, 1.165) is 19.4 Å². The van der Waals surface area contributed by atoms with Crippen molar-refractivity contribution in [3.63, 3.8) is 0 Å². The van der Waals surface area contributed by atoms with E-state index in [9.17, 15) is 9.59 Å². The van der Waals surface area contributed by atoms with Gasteiger partial charge < -0.3 is 21.3 Å². The zero-order chi connectivity index (χ0) is 18.2. The summed E-state index contributed by atoms with van der Waals surface area (Å²) in [5.41, 5.74) is 8.06. The van der Waals surface area contributed by atoms with E-state index in [-0.39, 0.29) is 11.9 Å². The number of nitrogens with zero attached hydrogens (tertiary/aromatic N) is 1. The standard InChI is InChI=1S/C10H13N.C9H17N3O2/c1-7-4-3-5-9-6-8(2)11-10(7)9;10-4-1-2-9(14)12-5-3-8(6-12)11-7-13/h3-6,9-11H,1-2H3;7-8H,1-6,10H2,(H,11,13). The first-order valence-electron chi connectivity index (χ1n) is 9.02. The molecule has 3 atom stereocenters. The number of likely N-dealkylation sites (tertiary alicyclic amines) is 1. The second-order valence-electron chi connectivity index (χ2n) is 6.85. The van der Waals surface area contributed by atoms with Gasteiger partial charge in [0.2, 0.25) is 12.3 Å². The van der Waals surface area contributed by atoms with Crippen molar-refractivity contribution in [1.82, 2.24) is 15.5 Å². The lowest BCUT2D eigenvalue weighted by molar-refractivity contribution is -0.130. The van der Waals surface area contributed by atoms with Crippen molar-refractivity contribution < 1.29 is 9.59 Å². The molecule has 6 nitrogen and oxygen atoms in total. The molecule has 0 saturated carbocycles. The number of nitrogens with two attached hydrogens (primary N) is 1. The SMILES string of the molecule is CC1=CC2C=CC=C(C)C2N1.NCCCC(=O)N1CCC(NC=O)C1. The van der Waals surface area contributed by atoms with Crippen molar-refractivity contribution in [2.24, 2.45) is 11.7 Å². The van der Waals surface area contributed by atoms with Crippen LogP contribution < -0.4 is 16.4 Å². The molecular weight excluding hydrogens is 316 g/mol. The monoisotopic (exact) mass is 346 g/mol. The molecule has 0 bridgehead atoms. The highest BCUT2D eigenvalue weighted by molar-refractivity contribution is 5.76. The number of rotatable bonds is 5. The van der Waals surface area contributed by atoms with E-state index >= 15 is 0 Å². The topological polar surface area (TPSA) is 87.5 Å². The highest BCUT2D eigenvalue weighted by Gasteiger charge is 2.26. The number of nitrogens with one attached hydrogen (secondary N) is 2. The summed E-state index contributed by atoms with van der Waals surface area (Å²) in [5, 5.41) is 6.13. The molecule has 6 heteroatoms. The van der Waals surface area contributed by atoms with Crippen LogP contribution in [0, 0.1) is 5.92 Å². The molecule has 2 heterocycles. The fraction of sp³-hybridized carbons (Fsp3) is 0.579. The van der Waals surface area contributed by atoms with Crippen molar-refractivity contribution in [2.45, 2.75) is 45.2 Å². The van der Waals surface area contributed by atoms with Gasteiger partial charge in [0.1, 0.15) is 0 Å². The van der Waals surface area contributed by atoms with Crippen LogP contribution in [0.3, 0.4) is 0 Å². The molecule has 2 aliphatic heterocycles. The Morgan fingerprint density at radius 2 is 2.28 bits per heavy atom. The number of amides is 2. The van der Waals surface area contributed by atoms with Gasteiger partial charge in [0, 0.05) is 37.2 Å². The van der Waals surface area contributed by atoms with Crippen molar-refractivity contribution in [1.29, 1.82) is 0 Å². The summed E-state index contributed by atoms with van der Waals surface area (Å²) >= 11 is 0. The summed E-state index contributed by atoms with van der Waals surface area (Å²) in [5.74, 6) is 0.741. The summed E-state index contributed by atoms with van der Waals surface area (Å²) < 4.78 is 0. The third-order valence-electron chi connectivity index (χ3n) is 4.83.